The van der Waals surface area contributed by atoms with E-state index in [2.05, 4.69) is 115 Å². The predicted octanol–water partition coefficient (Wildman–Crippen LogP) is 8.71. The fourth-order valence-electron chi connectivity index (χ4n) is 7.14. The van der Waals surface area contributed by atoms with E-state index in [1.165, 1.54) is 61.3 Å². The van der Waals surface area contributed by atoms with Crippen LogP contribution in [0, 0.1) is 5.92 Å². The molecule has 41 heavy (non-hydrogen) atoms. The second kappa shape index (κ2) is 9.87. The van der Waals surface area contributed by atoms with E-state index in [4.69, 9.17) is 5.10 Å². The molecule has 5 aromatic rings. The summed E-state index contributed by atoms with van der Waals surface area (Å²) in [5.41, 5.74) is 19.5. The molecule has 0 amide bonds. The Morgan fingerprint density at radius 3 is 1.85 bits per heavy atom. The highest BCUT2D eigenvalue weighted by atomic mass is 15.3. The van der Waals surface area contributed by atoms with Gasteiger partial charge in [-0.15, -0.1) is 0 Å². The largest absolute Gasteiger partial charge is 0.302 e. The van der Waals surface area contributed by atoms with Crippen molar-refractivity contribution < 1.29 is 0 Å². The van der Waals surface area contributed by atoms with E-state index >= 15 is 0 Å². The van der Waals surface area contributed by atoms with Crippen LogP contribution in [0.4, 0.5) is 5.69 Å². The first-order chi connectivity index (χ1) is 20.2. The highest BCUT2D eigenvalue weighted by Crippen LogP contribution is 2.42. The highest BCUT2D eigenvalue weighted by molar-refractivity contribution is 5.90. The van der Waals surface area contributed by atoms with E-state index in [1.807, 2.05) is 18.2 Å². The van der Waals surface area contributed by atoms with Gasteiger partial charge in [-0.25, -0.2) is 0 Å². The van der Waals surface area contributed by atoms with E-state index in [9.17, 15) is 0 Å². The molecule has 0 radical (unpaired) electrons. The van der Waals surface area contributed by atoms with Gasteiger partial charge in [-0.3, -0.25) is 5.43 Å². The third kappa shape index (κ3) is 4.29. The predicted molar refractivity (Wildman–Crippen MR) is 169 cm³/mol. The summed E-state index contributed by atoms with van der Waals surface area (Å²) in [5.74, 6) is 0.253. The van der Waals surface area contributed by atoms with Crippen molar-refractivity contribution in [1.82, 2.24) is 5.32 Å². The molecule has 0 bridgehead atoms. The molecule has 3 heteroatoms. The van der Waals surface area contributed by atoms with Gasteiger partial charge < -0.3 is 5.32 Å². The minimum Gasteiger partial charge on any atom is -0.302 e. The Morgan fingerprint density at radius 2 is 1.17 bits per heavy atom. The molecule has 8 rings (SSSR count). The SMILES string of the molecule is CC1/C(=N\Nc2ccccc2)CC(c2ccc3c(c2)Cc2ccccc2-3)NC1c1ccc2c(c1)Cc1ccccc1-2. The van der Waals surface area contributed by atoms with E-state index in [1.54, 1.807) is 0 Å². The molecule has 0 spiro atoms. The summed E-state index contributed by atoms with van der Waals surface area (Å²) in [6, 6.07) is 42.5. The molecule has 3 nitrogen and oxygen atoms in total. The zero-order valence-electron chi connectivity index (χ0n) is 23.3. The first-order valence-electron chi connectivity index (χ1n) is 14.8. The maximum absolute atomic E-state index is 5.02. The Hall–Kier alpha value is -4.47. The Labute approximate surface area is 242 Å². The zero-order valence-corrected chi connectivity index (χ0v) is 23.3. The zero-order chi connectivity index (χ0) is 27.3. The summed E-state index contributed by atoms with van der Waals surface area (Å²) in [5, 5.41) is 9.10. The summed E-state index contributed by atoms with van der Waals surface area (Å²) < 4.78 is 0. The number of nitrogens with one attached hydrogen (secondary N) is 2. The lowest BCUT2D eigenvalue weighted by Crippen LogP contribution is -2.41. The van der Waals surface area contributed by atoms with Gasteiger partial charge in [0.2, 0.25) is 0 Å². The fourth-order valence-corrected chi connectivity index (χ4v) is 7.14. The van der Waals surface area contributed by atoms with Crippen LogP contribution in [0.1, 0.15) is 58.8 Å². The first kappa shape index (κ1) is 24.3. The van der Waals surface area contributed by atoms with Gasteiger partial charge in [-0.1, -0.05) is 110 Å². The van der Waals surface area contributed by atoms with Crippen molar-refractivity contribution in [1.29, 1.82) is 0 Å². The van der Waals surface area contributed by atoms with Crippen LogP contribution in [0.2, 0.25) is 0 Å². The van der Waals surface area contributed by atoms with Gasteiger partial charge >= 0.3 is 0 Å². The number of piperidine rings is 1. The highest BCUT2D eigenvalue weighted by Gasteiger charge is 2.35. The Balaban J connectivity index is 1.15. The van der Waals surface area contributed by atoms with Gasteiger partial charge in [-0.2, -0.15) is 5.10 Å². The van der Waals surface area contributed by atoms with Gasteiger partial charge in [0.1, 0.15) is 0 Å². The van der Waals surface area contributed by atoms with Gasteiger partial charge in [0.05, 0.1) is 5.69 Å². The summed E-state index contributed by atoms with van der Waals surface area (Å²) in [4.78, 5) is 0. The number of rotatable bonds is 4. The van der Waals surface area contributed by atoms with Crippen LogP contribution in [0.3, 0.4) is 0 Å². The minimum absolute atomic E-state index is 0.171. The number of fused-ring (bicyclic) bond motifs is 6. The number of hydrazone groups is 1. The van der Waals surface area contributed by atoms with Crippen LogP contribution in [0.5, 0.6) is 0 Å². The van der Waals surface area contributed by atoms with Crippen LogP contribution >= 0.6 is 0 Å². The molecule has 1 saturated heterocycles. The Morgan fingerprint density at radius 1 is 0.610 bits per heavy atom. The molecule has 5 aromatic carbocycles. The fraction of sp³-hybridized carbons (Fsp3) is 0.184. The smallest absolute Gasteiger partial charge is 0.0561 e. The lowest BCUT2D eigenvalue weighted by Gasteiger charge is -2.38. The quantitative estimate of drug-likeness (QED) is 0.223. The van der Waals surface area contributed by atoms with Crippen LogP contribution < -0.4 is 10.7 Å². The van der Waals surface area contributed by atoms with Gasteiger partial charge in [-0.05, 0) is 80.6 Å². The molecule has 1 heterocycles. The van der Waals surface area contributed by atoms with Crippen LogP contribution in [-0.2, 0) is 12.8 Å². The summed E-state index contributed by atoms with van der Waals surface area (Å²) >= 11 is 0. The molecule has 3 aliphatic rings. The van der Waals surface area contributed by atoms with Crippen molar-refractivity contribution in [2.75, 3.05) is 5.43 Å². The van der Waals surface area contributed by atoms with Crippen molar-refractivity contribution in [3.63, 3.8) is 0 Å². The second-order valence-electron chi connectivity index (χ2n) is 11.8. The van der Waals surface area contributed by atoms with Crippen molar-refractivity contribution in [2.45, 2.75) is 38.3 Å². The van der Waals surface area contributed by atoms with Crippen molar-refractivity contribution in [3.8, 4) is 22.3 Å². The maximum Gasteiger partial charge on any atom is 0.0561 e. The number of anilines is 1. The van der Waals surface area contributed by atoms with Crippen LogP contribution in [-0.4, -0.2) is 5.71 Å². The maximum atomic E-state index is 5.02. The van der Waals surface area contributed by atoms with E-state index in [0.717, 1.165) is 24.9 Å². The third-order valence-electron chi connectivity index (χ3n) is 9.32. The molecular weight excluding hydrogens is 498 g/mol. The van der Waals surface area contributed by atoms with E-state index < -0.39 is 0 Å². The molecule has 1 aliphatic heterocycles. The van der Waals surface area contributed by atoms with Gasteiger partial charge in [0.15, 0.2) is 0 Å². The molecule has 0 aromatic heterocycles. The molecule has 2 aliphatic carbocycles. The van der Waals surface area contributed by atoms with Crippen LogP contribution in [0.15, 0.2) is 120 Å². The Kier molecular flexibility index (Phi) is 5.86. The minimum atomic E-state index is 0.171. The van der Waals surface area contributed by atoms with Crippen molar-refractivity contribution in [3.05, 3.63) is 149 Å². The van der Waals surface area contributed by atoms with Crippen molar-refractivity contribution in [2.24, 2.45) is 11.0 Å². The third-order valence-corrected chi connectivity index (χ3v) is 9.32. The molecule has 0 saturated carbocycles. The monoisotopic (exact) mass is 531 g/mol. The number of benzene rings is 5. The number of nitrogens with zero attached hydrogens (tertiary/aromatic N) is 1. The summed E-state index contributed by atoms with van der Waals surface area (Å²) in [6.45, 7) is 2.32. The molecule has 200 valence electrons. The number of hydrogen-bond donors (Lipinski definition) is 2. The average molecular weight is 532 g/mol. The van der Waals surface area contributed by atoms with Crippen molar-refractivity contribution >= 4 is 11.4 Å². The van der Waals surface area contributed by atoms with Gasteiger partial charge in [0, 0.05) is 30.1 Å². The van der Waals surface area contributed by atoms with Crippen LogP contribution in [0.25, 0.3) is 22.3 Å². The summed E-state index contributed by atoms with van der Waals surface area (Å²) in [7, 11) is 0. The molecule has 3 atom stereocenters. The molecule has 2 N–H and O–H groups in total. The normalized spacial score (nSPS) is 21.2. The Bertz CT molecular complexity index is 1800. The second-order valence-corrected chi connectivity index (χ2v) is 11.8. The topological polar surface area (TPSA) is 36.4 Å². The standard InChI is InChI=1S/C38H33N3/c1-24-36(41-40-31-11-3-2-4-12-31)23-37(27-15-17-34-29(21-27)19-25-9-5-7-13-32(25)34)39-38(24)28-16-18-35-30(22-28)20-26-10-6-8-14-33(26)35/h2-18,21-22,24,37-40H,19-20,23H2,1H3/b41-36-. The first-order valence-corrected chi connectivity index (χ1v) is 14.8. The van der Waals surface area contributed by atoms with E-state index in [-0.39, 0.29) is 18.0 Å². The number of para-hydroxylation sites is 1. The molecular formula is C38H33N3. The number of hydrogen-bond acceptors (Lipinski definition) is 3. The lowest BCUT2D eigenvalue weighted by atomic mass is 9.80. The van der Waals surface area contributed by atoms with Gasteiger partial charge in [0.25, 0.3) is 0 Å². The molecule has 3 unspecified atom stereocenters. The molecule has 1 fully saturated rings. The summed E-state index contributed by atoms with van der Waals surface area (Å²) in [6.07, 6.45) is 2.89. The average Bonchev–Trinajstić information content (AvgIpc) is 3.58. The van der Waals surface area contributed by atoms with E-state index in [0.29, 0.717) is 0 Å². The lowest BCUT2D eigenvalue weighted by molar-refractivity contribution is 0.364.